The molecule has 0 aliphatic carbocycles. The number of rotatable bonds is 5. The smallest absolute Gasteiger partial charge is 0.227 e. The summed E-state index contributed by atoms with van der Waals surface area (Å²) in [6, 6.07) is 4.74. The van der Waals surface area contributed by atoms with Gasteiger partial charge in [0.1, 0.15) is 11.5 Å². The van der Waals surface area contributed by atoms with Crippen molar-refractivity contribution in [2.45, 2.75) is 20.3 Å². The Morgan fingerprint density at radius 2 is 2.22 bits per heavy atom. The monoisotopic (exact) mass is 337 g/mol. The van der Waals surface area contributed by atoms with Crippen LogP contribution in [0.15, 0.2) is 18.2 Å². The minimum absolute atomic E-state index is 0.00215. The third kappa shape index (κ3) is 3.17. The lowest BCUT2D eigenvalue weighted by Gasteiger charge is -2.47. The first-order chi connectivity index (χ1) is 10.9. The van der Waals surface area contributed by atoms with E-state index in [4.69, 9.17) is 4.74 Å². The van der Waals surface area contributed by atoms with E-state index >= 15 is 0 Å². The number of aromatic hydroxyl groups is 1. The Balaban J connectivity index is 2.25. The third-order valence-electron chi connectivity index (χ3n) is 4.96. The first kappa shape index (κ1) is 17.7. The number of benzene rings is 1. The van der Waals surface area contributed by atoms with Crippen molar-refractivity contribution in [3.8, 4) is 11.5 Å². The fraction of sp³-hybridized carbons (Fsp3) is 0.529. The lowest BCUT2D eigenvalue weighted by Crippen LogP contribution is -2.55. The molecule has 2 atom stereocenters. The number of thioether (sulfide) groups is 1. The van der Waals surface area contributed by atoms with Crippen LogP contribution in [0.2, 0.25) is 0 Å². The van der Waals surface area contributed by atoms with Crippen LogP contribution in [-0.4, -0.2) is 42.5 Å². The van der Waals surface area contributed by atoms with Gasteiger partial charge in [0.25, 0.3) is 0 Å². The number of phenols is 1. The van der Waals surface area contributed by atoms with Gasteiger partial charge in [-0.15, -0.1) is 0 Å². The summed E-state index contributed by atoms with van der Waals surface area (Å²) in [5.74, 6) is 1.94. The van der Waals surface area contributed by atoms with Crippen LogP contribution in [0.25, 0.3) is 0 Å². The zero-order chi connectivity index (χ0) is 17.1. The summed E-state index contributed by atoms with van der Waals surface area (Å²) >= 11 is 1.77. The van der Waals surface area contributed by atoms with E-state index in [0.717, 1.165) is 17.9 Å². The molecule has 0 radical (unpaired) electrons. The number of hydrogen-bond donors (Lipinski definition) is 2. The SMILES string of the molecule is CNC(=O)C1(C)CSCCC1(C)COc1cccc(O)c1C=O. The number of carbonyl (C=O) groups excluding carboxylic acids is 2. The van der Waals surface area contributed by atoms with E-state index in [9.17, 15) is 14.7 Å². The van der Waals surface area contributed by atoms with E-state index in [1.54, 1.807) is 30.9 Å². The molecule has 1 fully saturated rings. The van der Waals surface area contributed by atoms with Gasteiger partial charge in [0.2, 0.25) is 5.91 Å². The van der Waals surface area contributed by atoms with Crippen LogP contribution >= 0.6 is 11.8 Å². The molecule has 5 nitrogen and oxygen atoms in total. The van der Waals surface area contributed by atoms with Gasteiger partial charge in [0.05, 0.1) is 17.6 Å². The molecule has 1 heterocycles. The third-order valence-corrected chi connectivity index (χ3v) is 6.23. The Morgan fingerprint density at radius 1 is 1.48 bits per heavy atom. The second-order valence-electron chi connectivity index (χ2n) is 6.37. The fourth-order valence-corrected chi connectivity index (χ4v) is 4.51. The van der Waals surface area contributed by atoms with E-state index in [1.165, 1.54) is 6.07 Å². The lowest BCUT2D eigenvalue weighted by molar-refractivity contribution is -0.137. The molecule has 0 bridgehead atoms. The molecule has 1 aromatic rings. The molecule has 6 heteroatoms. The highest BCUT2D eigenvalue weighted by atomic mass is 32.2. The maximum absolute atomic E-state index is 12.4. The van der Waals surface area contributed by atoms with Crippen LogP contribution in [0, 0.1) is 10.8 Å². The van der Waals surface area contributed by atoms with Crippen molar-refractivity contribution >= 4 is 24.0 Å². The van der Waals surface area contributed by atoms with E-state index in [1.807, 2.05) is 13.8 Å². The molecule has 0 aromatic heterocycles. The van der Waals surface area contributed by atoms with Crippen LogP contribution < -0.4 is 10.1 Å². The summed E-state index contributed by atoms with van der Waals surface area (Å²) in [7, 11) is 1.65. The normalized spacial score (nSPS) is 27.3. The number of ether oxygens (including phenoxy) is 1. The van der Waals surface area contributed by atoms with Crippen LogP contribution in [-0.2, 0) is 4.79 Å². The summed E-state index contributed by atoms with van der Waals surface area (Å²) < 4.78 is 5.86. The van der Waals surface area contributed by atoms with Gasteiger partial charge in [0, 0.05) is 18.2 Å². The molecule has 126 valence electrons. The van der Waals surface area contributed by atoms with Gasteiger partial charge in [-0.05, 0) is 31.2 Å². The minimum Gasteiger partial charge on any atom is -0.507 e. The molecule has 1 aliphatic rings. The number of aldehydes is 1. The topological polar surface area (TPSA) is 75.6 Å². The Hall–Kier alpha value is -1.69. The van der Waals surface area contributed by atoms with E-state index < -0.39 is 5.41 Å². The number of phenolic OH excluding ortho intramolecular Hbond substituents is 1. The van der Waals surface area contributed by atoms with Gasteiger partial charge in [-0.2, -0.15) is 11.8 Å². The van der Waals surface area contributed by atoms with Crippen molar-refractivity contribution in [1.82, 2.24) is 5.32 Å². The molecule has 2 N–H and O–H groups in total. The van der Waals surface area contributed by atoms with Gasteiger partial charge in [0.15, 0.2) is 6.29 Å². The van der Waals surface area contributed by atoms with E-state index in [0.29, 0.717) is 18.6 Å². The van der Waals surface area contributed by atoms with Gasteiger partial charge in [-0.1, -0.05) is 13.0 Å². The lowest BCUT2D eigenvalue weighted by atomic mass is 9.64. The average molecular weight is 337 g/mol. The van der Waals surface area contributed by atoms with Crippen LogP contribution in [0.5, 0.6) is 11.5 Å². The summed E-state index contributed by atoms with van der Waals surface area (Å²) in [4.78, 5) is 23.6. The largest absolute Gasteiger partial charge is 0.507 e. The maximum Gasteiger partial charge on any atom is 0.227 e. The number of carbonyl (C=O) groups is 2. The van der Waals surface area contributed by atoms with Crippen LogP contribution in [0.1, 0.15) is 30.6 Å². The highest BCUT2D eigenvalue weighted by Gasteiger charge is 2.52. The van der Waals surface area contributed by atoms with Crippen molar-refractivity contribution in [2.75, 3.05) is 25.2 Å². The summed E-state index contributed by atoms with van der Waals surface area (Å²) in [6.45, 7) is 4.32. The molecule has 0 saturated carbocycles. The molecule has 2 rings (SSSR count). The van der Waals surface area contributed by atoms with Crippen molar-refractivity contribution < 1.29 is 19.4 Å². The highest BCUT2D eigenvalue weighted by molar-refractivity contribution is 7.99. The highest BCUT2D eigenvalue weighted by Crippen LogP contribution is 2.49. The minimum atomic E-state index is -0.553. The average Bonchev–Trinajstić information content (AvgIpc) is 2.55. The predicted molar refractivity (Wildman–Crippen MR) is 91.2 cm³/mol. The van der Waals surface area contributed by atoms with E-state index in [2.05, 4.69) is 5.32 Å². The van der Waals surface area contributed by atoms with Crippen LogP contribution in [0.3, 0.4) is 0 Å². The molecular formula is C17H23NO4S. The molecule has 1 aromatic carbocycles. The number of nitrogens with one attached hydrogen (secondary N) is 1. The zero-order valence-corrected chi connectivity index (χ0v) is 14.5. The summed E-state index contributed by atoms with van der Waals surface area (Å²) in [5.41, 5.74) is -0.768. The summed E-state index contributed by atoms with van der Waals surface area (Å²) in [6.07, 6.45) is 1.43. The van der Waals surface area contributed by atoms with Gasteiger partial charge in [-0.25, -0.2) is 0 Å². The van der Waals surface area contributed by atoms with Gasteiger partial charge < -0.3 is 15.2 Å². The molecular weight excluding hydrogens is 314 g/mol. The number of hydrogen-bond acceptors (Lipinski definition) is 5. The van der Waals surface area contributed by atoms with Gasteiger partial charge in [-0.3, -0.25) is 9.59 Å². The summed E-state index contributed by atoms with van der Waals surface area (Å²) in [5, 5.41) is 12.5. The Kier molecular flexibility index (Phi) is 5.24. The van der Waals surface area contributed by atoms with Gasteiger partial charge >= 0.3 is 0 Å². The molecule has 1 saturated heterocycles. The van der Waals surface area contributed by atoms with Crippen molar-refractivity contribution in [2.24, 2.45) is 10.8 Å². The first-order valence-corrected chi connectivity index (χ1v) is 8.73. The molecule has 1 amide bonds. The van der Waals surface area contributed by atoms with Crippen molar-refractivity contribution in [1.29, 1.82) is 0 Å². The fourth-order valence-electron chi connectivity index (χ4n) is 2.88. The Bertz CT molecular complexity index is 606. The molecule has 0 spiro atoms. The number of amides is 1. The zero-order valence-electron chi connectivity index (χ0n) is 13.7. The quantitative estimate of drug-likeness (QED) is 0.807. The first-order valence-electron chi connectivity index (χ1n) is 7.58. The van der Waals surface area contributed by atoms with Crippen molar-refractivity contribution in [3.63, 3.8) is 0 Å². The second-order valence-corrected chi connectivity index (χ2v) is 7.48. The standard InChI is InChI=1S/C17H23NO4S/c1-16(7-8-23-11-17(16,2)15(21)18-3)10-22-14-6-4-5-13(20)12(14)9-19/h4-6,9,20H,7-8,10-11H2,1-3H3,(H,18,21). The predicted octanol–water partition coefficient (Wildman–Crippen LogP) is 2.48. The van der Waals surface area contributed by atoms with E-state index in [-0.39, 0.29) is 22.6 Å². The molecule has 2 unspecified atom stereocenters. The second kappa shape index (κ2) is 6.83. The van der Waals surface area contributed by atoms with Crippen molar-refractivity contribution in [3.05, 3.63) is 23.8 Å². The molecule has 23 heavy (non-hydrogen) atoms. The maximum atomic E-state index is 12.4. The Labute approximate surface area is 140 Å². The Morgan fingerprint density at radius 3 is 2.87 bits per heavy atom. The molecule has 1 aliphatic heterocycles. The van der Waals surface area contributed by atoms with Crippen LogP contribution in [0.4, 0.5) is 0 Å².